The molecule has 150 valence electrons. The Morgan fingerprint density at radius 3 is 2.23 bits per heavy atom. The molecule has 3 amide bonds. The second kappa shape index (κ2) is 8.16. The van der Waals surface area contributed by atoms with E-state index in [2.05, 4.69) is 5.32 Å². The lowest BCUT2D eigenvalue weighted by Gasteiger charge is -2.15. The van der Waals surface area contributed by atoms with E-state index >= 15 is 0 Å². The molecule has 6 nitrogen and oxygen atoms in total. The molecule has 0 saturated carbocycles. The quantitative estimate of drug-likeness (QED) is 0.630. The van der Waals surface area contributed by atoms with Crippen LogP contribution in [-0.4, -0.2) is 24.3 Å². The van der Waals surface area contributed by atoms with Crippen LogP contribution in [0.25, 0.3) is 0 Å². The minimum atomic E-state index is -0.397. The van der Waals surface area contributed by atoms with E-state index in [1.807, 2.05) is 0 Å². The number of rotatable bonds is 6. The summed E-state index contributed by atoms with van der Waals surface area (Å²) in [7, 11) is 0. The Kier molecular flexibility index (Phi) is 5.26. The van der Waals surface area contributed by atoms with Gasteiger partial charge in [-0.25, -0.2) is 9.29 Å². The number of anilines is 2. The van der Waals surface area contributed by atoms with E-state index in [1.54, 1.807) is 48.5 Å². The molecule has 7 heteroatoms. The van der Waals surface area contributed by atoms with Crippen molar-refractivity contribution in [3.05, 3.63) is 89.7 Å². The molecule has 0 radical (unpaired) electrons. The number of halogens is 1. The molecule has 0 bridgehead atoms. The number of imide groups is 1. The molecule has 0 saturated heterocycles. The molecule has 3 aromatic rings. The largest absolute Gasteiger partial charge is 0.493 e. The first kappa shape index (κ1) is 19.3. The molecular weight excluding hydrogens is 387 g/mol. The van der Waals surface area contributed by atoms with E-state index in [0.29, 0.717) is 28.3 Å². The maximum absolute atomic E-state index is 12.9. The summed E-state index contributed by atoms with van der Waals surface area (Å²) >= 11 is 0. The lowest BCUT2D eigenvalue weighted by atomic mass is 10.1. The predicted octanol–water partition coefficient (Wildman–Crippen LogP) is 4.03. The molecule has 0 aliphatic carbocycles. The highest BCUT2D eigenvalue weighted by Gasteiger charge is 2.36. The van der Waals surface area contributed by atoms with Crippen LogP contribution in [0.2, 0.25) is 0 Å². The SMILES string of the molecule is O=C(CCOc1ccc(F)cc1)Nc1cccc(N2C(=O)c3ccccc3C2=O)c1. The Morgan fingerprint density at radius 2 is 1.57 bits per heavy atom. The molecule has 1 aliphatic heterocycles. The first-order valence-electron chi connectivity index (χ1n) is 9.29. The number of carbonyl (C=O) groups excluding carboxylic acids is 3. The third-order valence-electron chi connectivity index (χ3n) is 4.59. The number of amides is 3. The van der Waals surface area contributed by atoms with E-state index < -0.39 is 11.8 Å². The van der Waals surface area contributed by atoms with Crippen LogP contribution >= 0.6 is 0 Å². The summed E-state index contributed by atoms with van der Waals surface area (Å²) in [5.41, 5.74) is 1.54. The van der Waals surface area contributed by atoms with Crippen molar-refractivity contribution in [2.45, 2.75) is 6.42 Å². The monoisotopic (exact) mass is 404 g/mol. The standard InChI is InChI=1S/C23H17FN2O4/c24-15-8-10-18(11-9-15)30-13-12-21(27)25-16-4-3-5-17(14-16)26-22(28)19-6-1-2-7-20(19)23(26)29/h1-11,14H,12-13H2,(H,25,27). The number of nitrogens with one attached hydrogen (secondary N) is 1. The van der Waals surface area contributed by atoms with Gasteiger partial charge < -0.3 is 10.1 Å². The van der Waals surface area contributed by atoms with Crippen molar-refractivity contribution in [1.82, 2.24) is 0 Å². The van der Waals surface area contributed by atoms with E-state index in [-0.39, 0.29) is 24.8 Å². The Labute approximate surface area is 171 Å². The average molecular weight is 404 g/mol. The van der Waals surface area contributed by atoms with Crippen LogP contribution in [0.15, 0.2) is 72.8 Å². The number of nitrogens with zero attached hydrogens (tertiary/aromatic N) is 1. The van der Waals surface area contributed by atoms with Crippen LogP contribution in [0.5, 0.6) is 5.75 Å². The molecule has 0 aromatic heterocycles. The van der Waals surface area contributed by atoms with E-state index in [9.17, 15) is 18.8 Å². The molecule has 3 aromatic carbocycles. The summed E-state index contributed by atoms with van der Waals surface area (Å²) < 4.78 is 18.3. The molecule has 1 heterocycles. The lowest BCUT2D eigenvalue weighted by Crippen LogP contribution is -2.29. The van der Waals surface area contributed by atoms with Crippen molar-refractivity contribution in [3.8, 4) is 5.75 Å². The number of hydrogen-bond donors (Lipinski definition) is 1. The summed E-state index contributed by atoms with van der Waals surface area (Å²) in [5, 5.41) is 2.72. The minimum absolute atomic E-state index is 0.0780. The highest BCUT2D eigenvalue weighted by atomic mass is 19.1. The number of hydrogen-bond acceptors (Lipinski definition) is 4. The topological polar surface area (TPSA) is 75.7 Å². The van der Waals surface area contributed by atoms with E-state index in [4.69, 9.17) is 4.74 Å². The van der Waals surface area contributed by atoms with Gasteiger partial charge in [-0.05, 0) is 54.6 Å². The van der Waals surface area contributed by atoms with Crippen LogP contribution < -0.4 is 15.0 Å². The average Bonchev–Trinajstić information content (AvgIpc) is 3.00. The highest BCUT2D eigenvalue weighted by molar-refractivity contribution is 6.34. The van der Waals surface area contributed by atoms with Gasteiger partial charge >= 0.3 is 0 Å². The molecule has 1 aliphatic rings. The number of carbonyl (C=O) groups is 3. The number of ether oxygens (including phenoxy) is 1. The maximum Gasteiger partial charge on any atom is 0.266 e. The highest BCUT2D eigenvalue weighted by Crippen LogP contribution is 2.29. The predicted molar refractivity (Wildman–Crippen MR) is 109 cm³/mol. The summed E-state index contributed by atoms with van der Waals surface area (Å²) in [6.07, 6.45) is 0.0780. The normalized spacial score (nSPS) is 12.6. The summed E-state index contributed by atoms with van der Waals surface area (Å²) in [6, 6.07) is 18.7. The second-order valence-corrected chi connectivity index (χ2v) is 6.64. The van der Waals surface area contributed by atoms with Crippen molar-refractivity contribution >= 4 is 29.1 Å². The van der Waals surface area contributed by atoms with Gasteiger partial charge in [0, 0.05) is 5.69 Å². The van der Waals surface area contributed by atoms with Gasteiger partial charge in [0.05, 0.1) is 29.8 Å². The van der Waals surface area contributed by atoms with Crippen molar-refractivity contribution in [3.63, 3.8) is 0 Å². The van der Waals surface area contributed by atoms with E-state index in [0.717, 1.165) is 4.90 Å². The fourth-order valence-electron chi connectivity index (χ4n) is 3.16. The third-order valence-corrected chi connectivity index (χ3v) is 4.59. The van der Waals surface area contributed by atoms with Gasteiger partial charge in [0.1, 0.15) is 11.6 Å². The summed E-state index contributed by atoms with van der Waals surface area (Å²) in [6.45, 7) is 0.121. The molecule has 1 N–H and O–H groups in total. The molecule has 0 unspecified atom stereocenters. The van der Waals surface area contributed by atoms with Crippen molar-refractivity contribution < 1.29 is 23.5 Å². The Balaban J connectivity index is 1.39. The maximum atomic E-state index is 12.9. The molecule has 30 heavy (non-hydrogen) atoms. The zero-order valence-corrected chi connectivity index (χ0v) is 15.8. The van der Waals surface area contributed by atoms with Crippen molar-refractivity contribution in [2.75, 3.05) is 16.8 Å². The lowest BCUT2D eigenvalue weighted by molar-refractivity contribution is -0.116. The van der Waals surface area contributed by atoms with Gasteiger partial charge in [-0.2, -0.15) is 0 Å². The fourth-order valence-corrected chi connectivity index (χ4v) is 3.16. The number of benzene rings is 3. The molecule has 0 spiro atoms. The van der Waals surface area contributed by atoms with Crippen LogP contribution in [0.4, 0.5) is 15.8 Å². The molecule has 4 rings (SSSR count). The number of fused-ring (bicyclic) bond motifs is 1. The first-order valence-corrected chi connectivity index (χ1v) is 9.29. The van der Waals surface area contributed by atoms with Gasteiger partial charge in [0.15, 0.2) is 0 Å². The van der Waals surface area contributed by atoms with Gasteiger partial charge in [-0.15, -0.1) is 0 Å². The second-order valence-electron chi connectivity index (χ2n) is 6.64. The molecule has 0 atom stereocenters. The van der Waals surface area contributed by atoms with Gasteiger partial charge in [0.25, 0.3) is 11.8 Å². The minimum Gasteiger partial charge on any atom is -0.493 e. The fraction of sp³-hybridized carbons (Fsp3) is 0.0870. The third kappa shape index (κ3) is 3.91. The molecular formula is C23H17FN2O4. The zero-order valence-electron chi connectivity index (χ0n) is 15.8. The van der Waals surface area contributed by atoms with Gasteiger partial charge in [-0.1, -0.05) is 18.2 Å². The van der Waals surface area contributed by atoms with E-state index in [1.165, 1.54) is 24.3 Å². The zero-order chi connectivity index (χ0) is 21.1. The Bertz CT molecular complexity index is 1090. The summed E-state index contributed by atoms with van der Waals surface area (Å²) in [4.78, 5) is 38.5. The Morgan fingerprint density at radius 1 is 0.900 bits per heavy atom. The smallest absolute Gasteiger partial charge is 0.266 e. The van der Waals surface area contributed by atoms with Crippen LogP contribution in [0.1, 0.15) is 27.1 Å². The first-order chi connectivity index (χ1) is 14.5. The van der Waals surface area contributed by atoms with Gasteiger partial charge in [0.2, 0.25) is 5.91 Å². The van der Waals surface area contributed by atoms with Crippen LogP contribution in [0, 0.1) is 5.82 Å². The van der Waals surface area contributed by atoms with Crippen molar-refractivity contribution in [2.24, 2.45) is 0 Å². The Hall–Kier alpha value is -4.00. The summed E-state index contributed by atoms with van der Waals surface area (Å²) in [5.74, 6) is -0.981. The molecule has 0 fully saturated rings. The van der Waals surface area contributed by atoms with Crippen molar-refractivity contribution in [1.29, 1.82) is 0 Å². The van der Waals surface area contributed by atoms with Crippen LogP contribution in [-0.2, 0) is 4.79 Å². The van der Waals surface area contributed by atoms with Crippen LogP contribution in [0.3, 0.4) is 0 Å². The van der Waals surface area contributed by atoms with Gasteiger partial charge in [-0.3, -0.25) is 14.4 Å².